The third-order valence-electron chi connectivity index (χ3n) is 7.89. The number of rotatable bonds is 10. The first kappa shape index (κ1) is 30.3. The molecule has 234 valence electrons. The number of aryl methyl sites for hydroxylation is 1. The van der Waals surface area contributed by atoms with Crippen LogP contribution in [0.3, 0.4) is 0 Å². The van der Waals surface area contributed by atoms with Crippen LogP contribution in [0.15, 0.2) is 54.9 Å². The number of hydrogen-bond acceptors (Lipinski definition) is 8. The van der Waals surface area contributed by atoms with Crippen molar-refractivity contribution in [2.75, 3.05) is 50.1 Å². The van der Waals surface area contributed by atoms with E-state index in [2.05, 4.69) is 25.5 Å². The molecule has 1 saturated carbocycles. The van der Waals surface area contributed by atoms with E-state index in [1.807, 2.05) is 6.92 Å². The maximum Gasteiger partial charge on any atom is 0.240 e. The lowest BCUT2D eigenvalue weighted by atomic mass is 10.0. The number of carbonyl (C=O) groups is 2. The lowest BCUT2D eigenvalue weighted by molar-refractivity contribution is -0.131. The molecule has 2 N–H and O–H groups in total. The van der Waals surface area contributed by atoms with Crippen LogP contribution in [0.1, 0.15) is 18.4 Å². The number of ether oxygens (including phenoxy) is 3. The molecule has 2 aliphatic rings. The number of pyridine rings is 2. The summed E-state index contributed by atoms with van der Waals surface area (Å²) < 4.78 is 59.1. The molecule has 4 aromatic rings. The van der Waals surface area contributed by atoms with E-state index in [1.54, 1.807) is 18.5 Å². The van der Waals surface area contributed by atoms with Crippen molar-refractivity contribution in [1.82, 2.24) is 14.9 Å². The van der Waals surface area contributed by atoms with Crippen LogP contribution in [0, 0.1) is 29.8 Å². The molecular formula is C32H30F3N5O5. The summed E-state index contributed by atoms with van der Waals surface area (Å²) in [5.74, 6) is -3.54. The van der Waals surface area contributed by atoms with E-state index in [9.17, 15) is 18.4 Å². The molecule has 2 fully saturated rings. The average molecular weight is 622 g/mol. The number of nitrogens with zero attached hydrogens (tertiary/aromatic N) is 3. The van der Waals surface area contributed by atoms with Gasteiger partial charge in [0.25, 0.3) is 0 Å². The largest absolute Gasteiger partial charge is 0.476 e. The predicted molar refractivity (Wildman–Crippen MR) is 159 cm³/mol. The van der Waals surface area contributed by atoms with E-state index < -0.39 is 34.7 Å². The molecule has 2 aromatic carbocycles. The number of morpholine rings is 1. The number of halogens is 3. The van der Waals surface area contributed by atoms with Gasteiger partial charge in [0.05, 0.1) is 24.1 Å². The zero-order chi connectivity index (χ0) is 31.6. The molecule has 0 bridgehead atoms. The highest BCUT2D eigenvalue weighted by Crippen LogP contribution is 2.47. The summed E-state index contributed by atoms with van der Waals surface area (Å²) in [6, 6.07) is 8.41. The van der Waals surface area contributed by atoms with Crippen LogP contribution in [0.2, 0.25) is 0 Å². The fourth-order valence-electron chi connectivity index (χ4n) is 5.07. The zero-order valence-electron chi connectivity index (χ0n) is 24.4. The Hall–Kier alpha value is -4.75. The maximum atomic E-state index is 15.2. The lowest BCUT2D eigenvalue weighted by Gasteiger charge is -2.26. The lowest BCUT2D eigenvalue weighted by Crippen LogP contribution is -2.38. The maximum absolute atomic E-state index is 15.2. The Bertz CT molecular complexity index is 1760. The molecule has 0 radical (unpaired) electrons. The van der Waals surface area contributed by atoms with Gasteiger partial charge in [-0.05, 0) is 50.1 Å². The molecule has 1 saturated heterocycles. The fourth-order valence-corrected chi connectivity index (χ4v) is 5.07. The number of fused-ring (bicyclic) bond motifs is 1. The monoisotopic (exact) mass is 621 g/mol. The number of nitrogens with one attached hydrogen (secondary N) is 2. The molecule has 2 amide bonds. The summed E-state index contributed by atoms with van der Waals surface area (Å²) in [7, 11) is 0. The van der Waals surface area contributed by atoms with Crippen molar-refractivity contribution < 1.29 is 37.0 Å². The van der Waals surface area contributed by atoms with Crippen molar-refractivity contribution in [3.05, 3.63) is 77.9 Å². The first-order valence-corrected chi connectivity index (χ1v) is 14.5. The number of aromatic nitrogens is 2. The number of anilines is 2. The van der Waals surface area contributed by atoms with Crippen molar-refractivity contribution in [1.29, 1.82) is 0 Å². The van der Waals surface area contributed by atoms with Gasteiger partial charge in [-0.15, -0.1) is 0 Å². The van der Waals surface area contributed by atoms with Gasteiger partial charge in [0.1, 0.15) is 17.8 Å². The second kappa shape index (κ2) is 12.7. The van der Waals surface area contributed by atoms with Crippen LogP contribution in [0.25, 0.3) is 10.9 Å². The van der Waals surface area contributed by atoms with Gasteiger partial charge < -0.3 is 24.8 Å². The van der Waals surface area contributed by atoms with Gasteiger partial charge in [-0.3, -0.25) is 19.5 Å². The van der Waals surface area contributed by atoms with Gasteiger partial charge in [0, 0.05) is 61.1 Å². The van der Waals surface area contributed by atoms with E-state index in [4.69, 9.17) is 14.2 Å². The summed E-state index contributed by atoms with van der Waals surface area (Å²) in [6.07, 6.45) is 3.62. The normalized spacial score (nSPS) is 15.8. The van der Waals surface area contributed by atoms with Gasteiger partial charge in [0.2, 0.25) is 17.7 Å². The first-order valence-electron chi connectivity index (χ1n) is 14.5. The molecule has 45 heavy (non-hydrogen) atoms. The predicted octanol–water partition coefficient (Wildman–Crippen LogP) is 5.22. The van der Waals surface area contributed by atoms with Crippen molar-refractivity contribution in [3.63, 3.8) is 0 Å². The molecule has 2 aromatic heterocycles. The Morgan fingerprint density at radius 3 is 2.27 bits per heavy atom. The van der Waals surface area contributed by atoms with Crippen molar-refractivity contribution >= 4 is 34.1 Å². The minimum atomic E-state index is -1.40. The highest BCUT2D eigenvalue weighted by Gasteiger charge is 2.56. The van der Waals surface area contributed by atoms with Crippen molar-refractivity contribution in [2.24, 2.45) is 5.41 Å². The SMILES string of the molecule is Cc1c(OCCN2CCOCC2)ncc2c(Oc3ccc(NC(=O)C4(C(=O)Nc5ccc(F)c(F)c5)CC4)cc3F)ccnc12. The van der Waals surface area contributed by atoms with Crippen molar-refractivity contribution in [2.45, 2.75) is 19.8 Å². The van der Waals surface area contributed by atoms with Crippen molar-refractivity contribution in [3.8, 4) is 17.4 Å². The van der Waals surface area contributed by atoms with Crippen LogP contribution < -0.4 is 20.1 Å². The molecule has 0 spiro atoms. The highest BCUT2D eigenvalue weighted by atomic mass is 19.2. The minimum absolute atomic E-state index is 0.0204. The summed E-state index contributed by atoms with van der Waals surface area (Å²) >= 11 is 0. The summed E-state index contributed by atoms with van der Waals surface area (Å²) in [5.41, 5.74) is 0.0629. The van der Waals surface area contributed by atoms with E-state index in [0.717, 1.165) is 43.4 Å². The number of hydrogen-bond donors (Lipinski definition) is 2. The molecule has 6 rings (SSSR count). The third kappa shape index (κ3) is 6.54. The molecule has 13 heteroatoms. The Kier molecular flexibility index (Phi) is 8.55. The Labute approximate surface area is 256 Å². The summed E-state index contributed by atoms with van der Waals surface area (Å²) in [6.45, 7) is 6.20. The van der Waals surface area contributed by atoms with E-state index in [-0.39, 0.29) is 30.0 Å². The van der Waals surface area contributed by atoms with E-state index in [1.165, 1.54) is 18.2 Å². The standard InChI is InChI=1S/C32H30F3N5O5/c1-19-28-22(18-37-29(19)44-15-12-40-10-13-43-14-11-40)26(6-9-36-28)45-27-5-3-21(17-25(27)35)39-31(42)32(7-8-32)30(41)38-20-2-4-23(33)24(34)16-20/h2-6,9,16-18H,7-8,10-15H2,1H3,(H,38,41)(H,39,42). The van der Waals surface area contributed by atoms with Gasteiger partial charge in [-0.1, -0.05) is 0 Å². The Balaban J connectivity index is 1.10. The van der Waals surface area contributed by atoms with Gasteiger partial charge in [-0.2, -0.15) is 0 Å². The average Bonchev–Trinajstić information content (AvgIpc) is 3.85. The van der Waals surface area contributed by atoms with E-state index >= 15 is 4.39 Å². The molecule has 1 aliphatic heterocycles. The molecule has 3 heterocycles. The highest BCUT2D eigenvalue weighted by molar-refractivity contribution is 6.16. The molecule has 10 nitrogen and oxygen atoms in total. The summed E-state index contributed by atoms with van der Waals surface area (Å²) in [5, 5.41) is 5.59. The molecule has 1 aliphatic carbocycles. The quantitative estimate of drug-likeness (QED) is 0.232. The molecular weight excluding hydrogens is 591 g/mol. The van der Waals surface area contributed by atoms with Crippen LogP contribution in [-0.4, -0.2) is 66.1 Å². The minimum Gasteiger partial charge on any atom is -0.476 e. The second-order valence-corrected chi connectivity index (χ2v) is 10.9. The first-order chi connectivity index (χ1) is 21.7. The smallest absolute Gasteiger partial charge is 0.240 e. The molecule has 0 atom stereocenters. The van der Waals surface area contributed by atoms with E-state index in [0.29, 0.717) is 42.4 Å². The number of carbonyl (C=O) groups excluding carboxylic acids is 2. The third-order valence-corrected chi connectivity index (χ3v) is 7.89. The second-order valence-electron chi connectivity index (χ2n) is 10.9. The van der Waals surface area contributed by atoms with Gasteiger partial charge in [0.15, 0.2) is 23.2 Å². The number of benzene rings is 2. The summed E-state index contributed by atoms with van der Waals surface area (Å²) in [4.78, 5) is 37.0. The van der Waals surface area contributed by atoms with Gasteiger partial charge >= 0.3 is 0 Å². The zero-order valence-corrected chi connectivity index (χ0v) is 24.4. The van der Waals surface area contributed by atoms with Crippen LogP contribution in [0.5, 0.6) is 17.4 Å². The Morgan fingerprint density at radius 2 is 1.60 bits per heavy atom. The van der Waals surface area contributed by atoms with Crippen LogP contribution >= 0.6 is 0 Å². The topological polar surface area (TPSA) is 115 Å². The van der Waals surface area contributed by atoms with Crippen LogP contribution in [0.4, 0.5) is 24.5 Å². The Morgan fingerprint density at radius 1 is 0.911 bits per heavy atom. The molecule has 0 unspecified atom stereocenters. The van der Waals surface area contributed by atoms with Gasteiger partial charge in [-0.25, -0.2) is 18.2 Å². The fraction of sp³-hybridized carbons (Fsp3) is 0.312. The number of amides is 2. The van der Waals surface area contributed by atoms with Crippen LogP contribution in [-0.2, 0) is 14.3 Å².